The molecule has 0 unspecified atom stereocenters. The van der Waals surface area contributed by atoms with Crippen molar-refractivity contribution in [1.29, 1.82) is 0 Å². The van der Waals surface area contributed by atoms with Crippen LogP contribution < -0.4 is 11.1 Å². The molecule has 5 nitrogen and oxygen atoms in total. The maximum Gasteiger partial charge on any atom is 0.253 e. The Balaban J connectivity index is 2.25. The van der Waals surface area contributed by atoms with Crippen molar-refractivity contribution in [2.45, 2.75) is 19.8 Å². The van der Waals surface area contributed by atoms with E-state index in [0.29, 0.717) is 23.6 Å². The Morgan fingerprint density at radius 2 is 2.35 bits per heavy atom. The number of imidazole rings is 1. The number of hydrogen-bond donors (Lipinski definition) is 3. The lowest BCUT2D eigenvalue weighted by molar-refractivity contribution is 0.0954. The van der Waals surface area contributed by atoms with E-state index >= 15 is 0 Å². The molecule has 0 atom stereocenters. The Hall–Kier alpha value is -2.04. The molecule has 0 aliphatic rings. The van der Waals surface area contributed by atoms with Crippen LogP contribution in [0.25, 0.3) is 11.0 Å². The molecule has 1 heterocycles. The fourth-order valence-corrected chi connectivity index (χ4v) is 1.71. The second-order valence-electron chi connectivity index (χ2n) is 3.93. The first-order valence-electron chi connectivity index (χ1n) is 5.74. The third-order valence-corrected chi connectivity index (χ3v) is 2.59. The third kappa shape index (κ3) is 2.38. The zero-order valence-corrected chi connectivity index (χ0v) is 9.79. The number of nitrogens with two attached hydrogens (primary N) is 1. The van der Waals surface area contributed by atoms with Crippen molar-refractivity contribution in [2.24, 2.45) is 0 Å². The van der Waals surface area contributed by atoms with E-state index in [2.05, 4.69) is 22.2 Å². The SMILES string of the molecule is CCCCNC(=O)c1cccc2[nH]c(N)nc12. The fourth-order valence-electron chi connectivity index (χ4n) is 1.71. The quantitative estimate of drug-likeness (QED) is 0.701. The number of para-hydroxylation sites is 1. The minimum Gasteiger partial charge on any atom is -0.369 e. The number of fused-ring (bicyclic) bond motifs is 1. The summed E-state index contributed by atoms with van der Waals surface area (Å²) >= 11 is 0. The van der Waals surface area contributed by atoms with Crippen LogP contribution in [0.2, 0.25) is 0 Å². The molecule has 1 aromatic carbocycles. The molecular weight excluding hydrogens is 216 g/mol. The van der Waals surface area contributed by atoms with Gasteiger partial charge in [0.15, 0.2) is 5.95 Å². The van der Waals surface area contributed by atoms with E-state index in [9.17, 15) is 4.79 Å². The molecule has 4 N–H and O–H groups in total. The van der Waals surface area contributed by atoms with Crippen LogP contribution in [-0.2, 0) is 0 Å². The van der Waals surface area contributed by atoms with Crippen LogP contribution in [0.4, 0.5) is 5.95 Å². The van der Waals surface area contributed by atoms with Crippen LogP contribution in [0.5, 0.6) is 0 Å². The topological polar surface area (TPSA) is 83.8 Å². The monoisotopic (exact) mass is 232 g/mol. The molecule has 90 valence electrons. The Morgan fingerprint density at radius 1 is 1.53 bits per heavy atom. The van der Waals surface area contributed by atoms with E-state index in [0.717, 1.165) is 18.4 Å². The number of carbonyl (C=O) groups excluding carboxylic acids is 1. The van der Waals surface area contributed by atoms with Crippen molar-refractivity contribution in [3.05, 3.63) is 23.8 Å². The molecule has 1 amide bonds. The smallest absolute Gasteiger partial charge is 0.253 e. The first-order chi connectivity index (χ1) is 8.22. The van der Waals surface area contributed by atoms with Crippen LogP contribution >= 0.6 is 0 Å². The average Bonchev–Trinajstić information content (AvgIpc) is 2.69. The van der Waals surface area contributed by atoms with Crippen molar-refractivity contribution in [3.63, 3.8) is 0 Å². The summed E-state index contributed by atoms with van der Waals surface area (Å²) in [6.45, 7) is 2.77. The first kappa shape index (κ1) is 11.4. The van der Waals surface area contributed by atoms with Crippen LogP contribution in [0, 0.1) is 0 Å². The number of amides is 1. The number of H-pyrrole nitrogens is 1. The highest BCUT2D eigenvalue weighted by molar-refractivity contribution is 6.05. The molecular formula is C12H16N4O. The minimum atomic E-state index is -0.101. The number of rotatable bonds is 4. The molecule has 2 rings (SSSR count). The van der Waals surface area contributed by atoms with E-state index in [1.54, 1.807) is 6.07 Å². The number of nitrogen functional groups attached to an aromatic ring is 1. The summed E-state index contributed by atoms with van der Waals surface area (Å²) in [4.78, 5) is 19.0. The summed E-state index contributed by atoms with van der Waals surface area (Å²) in [5.41, 5.74) is 7.55. The summed E-state index contributed by atoms with van der Waals surface area (Å²) in [5, 5.41) is 2.87. The lowest BCUT2D eigenvalue weighted by Crippen LogP contribution is -2.24. The molecule has 17 heavy (non-hydrogen) atoms. The molecule has 2 aromatic rings. The normalized spacial score (nSPS) is 10.6. The van der Waals surface area contributed by atoms with E-state index in [1.165, 1.54) is 0 Å². The van der Waals surface area contributed by atoms with Crippen molar-refractivity contribution < 1.29 is 4.79 Å². The molecule has 0 spiro atoms. The van der Waals surface area contributed by atoms with E-state index in [4.69, 9.17) is 5.73 Å². The highest BCUT2D eigenvalue weighted by Gasteiger charge is 2.11. The van der Waals surface area contributed by atoms with Crippen LogP contribution in [-0.4, -0.2) is 22.4 Å². The Labute approximate surface area is 99.4 Å². The molecule has 0 radical (unpaired) electrons. The lowest BCUT2D eigenvalue weighted by Gasteiger charge is -2.04. The number of aromatic amines is 1. The second-order valence-corrected chi connectivity index (χ2v) is 3.93. The van der Waals surface area contributed by atoms with Gasteiger partial charge in [0.05, 0.1) is 11.1 Å². The van der Waals surface area contributed by atoms with Gasteiger partial charge in [-0.2, -0.15) is 0 Å². The minimum absolute atomic E-state index is 0.101. The standard InChI is InChI=1S/C12H16N4O/c1-2-3-7-14-11(17)8-5-4-6-9-10(8)16-12(13)15-9/h4-6H,2-3,7H2,1H3,(H,14,17)(H3,13,15,16). The van der Waals surface area contributed by atoms with Crippen molar-refractivity contribution in [1.82, 2.24) is 15.3 Å². The number of benzene rings is 1. The van der Waals surface area contributed by atoms with Gasteiger partial charge in [-0.3, -0.25) is 4.79 Å². The summed E-state index contributed by atoms with van der Waals surface area (Å²) in [6, 6.07) is 5.42. The molecule has 0 fully saturated rings. The molecule has 1 aromatic heterocycles. The first-order valence-corrected chi connectivity index (χ1v) is 5.74. The highest BCUT2D eigenvalue weighted by Crippen LogP contribution is 2.17. The Bertz CT molecular complexity index is 532. The number of nitrogens with one attached hydrogen (secondary N) is 2. The molecule has 0 saturated heterocycles. The van der Waals surface area contributed by atoms with Crippen LogP contribution in [0.3, 0.4) is 0 Å². The summed E-state index contributed by atoms with van der Waals surface area (Å²) in [7, 11) is 0. The predicted octanol–water partition coefficient (Wildman–Crippen LogP) is 1.67. The summed E-state index contributed by atoms with van der Waals surface area (Å²) < 4.78 is 0. The molecule has 0 aliphatic heterocycles. The van der Waals surface area contributed by atoms with Gasteiger partial charge in [0, 0.05) is 6.54 Å². The van der Waals surface area contributed by atoms with Gasteiger partial charge in [-0.1, -0.05) is 19.4 Å². The number of aromatic nitrogens is 2. The average molecular weight is 232 g/mol. The maximum atomic E-state index is 11.9. The number of nitrogens with zero attached hydrogens (tertiary/aromatic N) is 1. The largest absolute Gasteiger partial charge is 0.369 e. The van der Waals surface area contributed by atoms with Gasteiger partial charge in [0.25, 0.3) is 5.91 Å². The van der Waals surface area contributed by atoms with Gasteiger partial charge in [0.2, 0.25) is 0 Å². The summed E-state index contributed by atoms with van der Waals surface area (Å²) in [5.74, 6) is 0.226. The molecule has 0 bridgehead atoms. The van der Waals surface area contributed by atoms with Crippen molar-refractivity contribution in [3.8, 4) is 0 Å². The van der Waals surface area contributed by atoms with Gasteiger partial charge in [-0.15, -0.1) is 0 Å². The molecule has 0 aliphatic carbocycles. The third-order valence-electron chi connectivity index (χ3n) is 2.59. The van der Waals surface area contributed by atoms with E-state index in [-0.39, 0.29) is 5.91 Å². The van der Waals surface area contributed by atoms with E-state index in [1.807, 2.05) is 12.1 Å². The van der Waals surface area contributed by atoms with Crippen LogP contribution in [0.15, 0.2) is 18.2 Å². The molecule has 0 saturated carbocycles. The van der Waals surface area contributed by atoms with Gasteiger partial charge >= 0.3 is 0 Å². The highest BCUT2D eigenvalue weighted by atomic mass is 16.1. The number of anilines is 1. The number of hydrogen-bond acceptors (Lipinski definition) is 3. The number of carbonyl (C=O) groups is 1. The van der Waals surface area contributed by atoms with Gasteiger partial charge < -0.3 is 16.0 Å². The van der Waals surface area contributed by atoms with Crippen molar-refractivity contribution in [2.75, 3.05) is 12.3 Å². The van der Waals surface area contributed by atoms with Gasteiger partial charge in [-0.25, -0.2) is 4.98 Å². The number of unbranched alkanes of at least 4 members (excludes halogenated alkanes) is 1. The maximum absolute atomic E-state index is 11.9. The van der Waals surface area contributed by atoms with E-state index < -0.39 is 0 Å². The second kappa shape index (κ2) is 4.86. The summed E-state index contributed by atoms with van der Waals surface area (Å²) in [6.07, 6.45) is 2.03. The zero-order valence-electron chi connectivity index (χ0n) is 9.79. The fraction of sp³-hybridized carbons (Fsp3) is 0.333. The molecule has 5 heteroatoms. The Morgan fingerprint density at radius 3 is 3.12 bits per heavy atom. The zero-order chi connectivity index (χ0) is 12.3. The Kier molecular flexibility index (Phi) is 3.27. The van der Waals surface area contributed by atoms with Crippen LogP contribution in [0.1, 0.15) is 30.1 Å². The van der Waals surface area contributed by atoms with Gasteiger partial charge in [0.1, 0.15) is 5.52 Å². The van der Waals surface area contributed by atoms with Crippen molar-refractivity contribution >= 4 is 22.9 Å². The predicted molar refractivity (Wildman–Crippen MR) is 67.7 cm³/mol. The van der Waals surface area contributed by atoms with Gasteiger partial charge in [-0.05, 0) is 18.6 Å². The lowest BCUT2D eigenvalue weighted by atomic mass is 10.1.